The second kappa shape index (κ2) is 5.48. The molecule has 5 heteroatoms. The van der Waals surface area contributed by atoms with Crippen molar-refractivity contribution >= 4 is 17.4 Å². The number of nitrogens with two attached hydrogens (primary N) is 1. The summed E-state index contributed by atoms with van der Waals surface area (Å²) in [5.41, 5.74) is 9.89. The third-order valence-corrected chi connectivity index (χ3v) is 5.20. The van der Waals surface area contributed by atoms with Gasteiger partial charge in [-0.15, -0.1) is 0 Å². The van der Waals surface area contributed by atoms with E-state index in [-0.39, 0.29) is 0 Å². The zero-order valence-electron chi connectivity index (χ0n) is 11.8. The minimum atomic E-state index is 0.378. The van der Waals surface area contributed by atoms with E-state index in [9.17, 15) is 0 Å². The van der Waals surface area contributed by atoms with Crippen molar-refractivity contribution in [2.75, 3.05) is 11.5 Å². The first-order valence-corrected chi connectivity index (χ1v) is 8.02. The number of hydrogen-bond acceptors (Lipinski definition) is 5. The molecule has 106 valence electrons. The maximum Gasteiger partial charge on any atom is 0.258 e. The summed E-state index contributed by atoms with van der Waals surface area (Å²) >= 11 is 1.93. The number of thioether (sulfide) groups is 1. The van der Waals surface area contributed by atoms with Crippen molar-refractivity contribution < 1.29 is 4.52 Å². The third-order valence-electron chi connectivity index (χ3n) is 3.83. The Morgan fingerprint density at radius 3 is 2.90 bits per heavy atom. The third kappa shape index (κ3) is 2.54. The number of aromatic nitrogens is 2. The van der Waals surface area contributed by atoms with Gasteiger partial charge < -0.3 is 10.3 Å². The molecule has 0 bridgehead atoms. The SMILES string of the molecule is Cc1cc(N)cc(-c2nc(C3CCCCS3)no2)c1C. The molecular formula is C15H19N3OS. The Morgan fingerprint density at radius 2 is 2.15 bits per heavy atom. The van der Waals surface area contributed by atoms with Crippen LogP contribution >= 0.6 is 11.8 Å². The van der Waals surface area contributed by atoms with Gasteiger partial charge in [-0.2, -0.15) is 16.7 Å². The molecule has 1 aromatic carbocycles. The van der Waals surface area contributed by atoms with Gasteiger partial charge in [0.15, 0.2) is 5.82 Å². The summed E-state index contributed by atoms with van der Waals surface area (Å²) in [5.74, 6) is 2.59. The van der Waals surface area contributed by atoms with Crippen LogP contribution < -0.4 is 5.73 Å². The first-order valence-electron chi connectivity index (χ1n) is 6.97. The van der Waals surface area contributed by atoms with Crippen molar-refractivity contribution in [2.24, 2.45) is 0 Å². The molecule has 1 fully saturated rings. The lowest BCUT2D eigenvalue weighted by molar-refractivity contribution is 0.420. The zero-order chi connectivity index (χ0) is 14.1. The van der Waals surface area contributed by atoms with E-state index in [2.05, 4.69) is 17.1 Å². The van der Waals surface area contributed by atoms with Crippen molar-refractivity contribution in [2.45, 2.75) is 38.4 Å². The highest BCUT2D eigenvalue weighted by Crippen LogP contribution is 2.38. The van der Waals surface area contributed by atoms with Crippen LogP contribution in [0.1, 0.15) is 41.5 Å². The van der Waals surface area contributed by atoms with Gasteiger partial charge in [-0.1, -0.05) is 11.6 Å². The van der Waals surface area contributed by atoms with Crippen molar-refractivity contribution in [3.63, 3.8) is 0 Å². The molecule has 0 radical (unpaired) electrons. The summed E-state index contributed by atoms with van der Waals surface area (Å²) < 4.78 is 5.46. The van der Waals surface area contributed by atoms with E-state index >= 15 is 0 Å². The lowest BCUT2D eigenvalue weighted by atomic mass is 10.0. The zero-order valence-corrected chi connectivity index (χ0v) is 12.7. The Labute approximate surface area is 123 Å². The van der Waals surface area contributed by atoms with Gasteiger partial charge >= 0.3 is 0 Å². The van der Waals surface area contributed by atoms with Gasteiger partial charge in [-0.05, 0) is 55.7 Å². The molecule has 0 saturated carbocycles. The van der Waals surface area contributed by atoms with Crippen LogP contribution in [0.15, 0.2) is 16.7 Å². The van der Waals surface area contributed by atoms with Crippen LogP contribution in [0.25, 0.3) is 11.5 Å². The molecule has 1 saturated heterocycles. The van der Waals surface area contributed by atoms with E-state index in [0.29, 0.717) is 11.1 Å². The molecule has 1 aliphatic heterocycles. The van der Waals surface area contributed by atoms with Crippen LogP contribution in [0.5, 0.6) is 0 Å². The predicted octanol–water partition coefficient (Wildman–Crippen LogP) is 3.89. The fourth-order valence-corrected chi connectivity index (χ4v) is 3.76. The number of hydrogen-bond donors (Lipinski definition) is 1. The van der Waals surface area contributed by atoms with Crippen molar-refractivity contribution in [3.05, 3.63) is 29.1 Å². The fraction of sp³-hybridized carbons (Fsp3) is 0.467. The lowest BCUT2D eigenvalue weighted by Gasteiger charge is -2.17. The lowest BCUT2D eigenvalue weighted by Crippen LogP contribution is -2.03. The van der Waals surface area contributed by atoms with E-state index in [1.165, 1.54) is 18.6 Å². The van der Waals surface area contributed by atoms with E-state index in [4.69, 9.17) is 10.3 Å². The maximum absolute atomic E-state index is 5.92. The molecule has 20 heavy (non-hydrogen) atoms. The average molecular weight is 289 g/mol. The van der Waals surface area contributed by atoms with Gasteiger partial charge in [0.05, 0.1) is 5.25 Å². The molecule has 2 aromatic rings. The first-order chi connectivity index (χ1) is 9.65. The summed E-state index contributed by atoms with van der Waals surface area (Å²) in [5, 5.41) is 4.55. The van der Waals surface area contributed by atoms with Crippen molar-refractivity contribution in [1.29, 1.82) is 0 Å². The first kappa shape index (κ1) is 13.5. The Balaban J connectivity index is 1.93. The molecule has 1 atom stereocenters. The summed E-state index contributed by atoms with van der Waals surface area (Å²) in [6.45, 7) is 4.10. The highest BCUT2D eigenvalue weighted by molar-refractivity contribution is 7.99. The minimum Gasteiger partial charge on any atom is -0.399 e. The van der Waals surface area contributed by atoms with Gasteiger partial charge in [-0.3, -0.25) is 0 Å². The number of nitrogen functional groups attached to an aromatic ring is 1. The fourth-order valence-electron chi connectivity index (χ4n) is 2.53. The van der Waals surface area contributed by atoms with Crippen molar-refractivity contribution in [1.82, 2.24) is 10.1 Å². The molecule has 0 aliphatic carbocycles. The number of benzene rings is 1. The van der Waals surface area contributed by atoms with Crippen LogP contribution in [-0.2, 0) is 0 Å². The van der Waals surface area contributed by atoms with Crippen LogP contribution in [0.2, 0.25) is 0 Å². The Morgan fingerprint density at radius 1 is 1.30 bits per heavy atom. The van der Waals surface area contributed by atoms with Gasteiger partial charge in [0.2, 0.25) is 0 Å². The Bertz CT molecular complexity index is 618. The molecular weight excluding hydrogens is 270 g/mol. The van der Waals surface area contributed by atoms with E-state index < -0.39 is 0 Å². The highest BCUT2D eigenvalue weighted by atomic mass is 32.2. The van der Waals surface area contributed by atoms with E-state index in [1.54, 1.807) is 0 Å². The standard InChI is InChI=1S/C15H19N3OS/c1-9-7-11(16)8-12(10(9)2)15-17-14(18-19-15)13-5-3-4-6-20-13/h7-8,13H,3-6,16H2,1-2H3. The van der Waals surface area contributed by atoms with Gasteiger partial charge in [-0.25, -0.2) is 0 Å². The smallest absolute Gasteiger partial charge is 0.258 e. The van der Waals surface area contributed by atoms with Gasteiger partial charge in [0.1, 0.15) is 0 Å². The minimum absolute atomic E-state index is 0.378. The Kier molecular flexibility index (Phi) is 3.70. The monoisotopic (exact) mass is 289 g/mol. The molecule has 1 aliphatic rings. The number of nitrogens with zero attached hydrogens (tertiary/aromatic N) is 2. The second-order valence-corrected chi connectivity index (χ2v) is 6.63. The predicted molar refractivity (Wildman–Crippen MR) is 82.7 cm³/mol. The van der Waals surface area contributed by atoms with Crippen LogP contribution in [0.3, 0.4) is 0 Å². The van der Waals surface area contributed by atoms with Crippen molar-refractivity contribution in [3.8, 4) is 11.5 Å². The van der Waals surface area contributed by atoms with Crippen LogP contribution in [0, 0.1) is 13.8 Å². The molecule has 1 aromatic heterocycles. The molecule has 0 spiro atoms. The quantitative estimate of drug-likeness (QED) is 0.849. The van der Waals surface area contributed by atoms with Gasteiger partial charge in [0.25, 0.3) is 5.89 Å². The highest BCUT2D eigenvalue weighted by Gasteiger charge is 2.22. The van der Waals surface area contributed by atoms with E-state index in [0.717, 1.165) is 34.6 Å². The normalized spacial score (nSPS) is 19.2. The number of anilines is 1. The average Bonchev–Trinajstić information content (AvgIpc) is 2.93. The molecule has 4 nitrogen and oxygen atoms in total. The number of aryl methyl sites for hydroxylation is 1. The summed E-state index contributed by atoms with van der Waals surface area (Å²) in [6.07, 6.45) is 3.68. The topological polar surface area (TPSA) is 64.9 Å². The van der Waals surface area contributed by atoms with Gasteiger partial charge in [0, 0.05) is 11.3 Å². The molecule has 2 N–H and O–H groups in total. The summed E-state index contributed by atoms with van der Waals surface area (Å²) in [4.78, 5) is 4.59. The maximum atomic E-state index is 5.92. The van der Waals surface area contributed by atoms with Crippen LogP contribution in [-0.4, -0.2) is 15.9 Å². The summed E-state index contributed by atoms with van der Waals surface area (Å²) in [6, 6.07) is 3.88. The van der Waals surface area contributed by atoms with E-state index in [1.807, 2.05) is 30.8 Å². The second-order valence-electron chi connectivity index (χ2n) is 5.32. The molecule has 2 heterocycles. The summed E-state index contributed by atoms with van der Waals surface area (Å²) in [7, 11) is 0. The Hall–Kier alpha value is -1.49. The molecule has 0 amide bonds. The molecule has 1 unspecified atom stereocenters. The number of rotatable bonds is 2. The largest absolute Gasteiger partial charge is 0.399 e. The molecule has 3 rings (SSSR count). The van der Waals surface area contributed by atoms with Crippen LogP contribution in [0.4, 0.5) is 5.69 Å².